The van der Waals surface area contributed by atoms with Crippen LogP contribution in [0.4, 0.5) is 0 Å². The van der Waals surface area contributed by atoms with Gasteiger partial charge in [0.15, 0.2) is 0 Å². The van der Waals surface area contributed by atoms with Crippen LogP contribution in [0.3, 0.4) is 0 Å². The minimum absolute atomic E-state index is 0.141. The maximum atomic E-state index is 10.8. The molecule has 4 nitrogen and oxygen atoms in total. The highest BCUT2D eigenvalue weighted by atomic mass is 79.9. The summed E-state index contributed by atoms with van der Waals surface area (Å²) in [5.74, 6) is -0.401. The Hall–Kier alpha value is -1.33. The van der Waals surface area contributed by atoms with Crippen molar-refractivity contribution in [3.8, 4) is 5.69 Å². The van der Waals surface area contributed by atoms with Crippen molar-refractivity contribution in [3.05, 3.63) is 45.7 Å². The molecule has 2 rings (SSSR count). The van der Waals surface area contributed by atoms with E-state index >= 15 is 0 Å². The molecule has 0 radical (unpaired) electrons. The van der Waals surface area contributed by atoms with E-state index in [1.165, 1.54) is 0 Å². The van der Waals surface area contributed by atoms with Crippen LogP contribution in [-0.4, -0.2) is 15.7 Å². The van der Waals surface area contributed by atoms with E-state index < -0.39 is 5.91 Å². The van der Waals surface area contributed by atoms with Crippen LogP contribution >= 0.6 is 27.5 Å². The molecule has 1 amide bonds. The molecule has 0 saturated heterocycles. The fraction of sp³-hybridized carbons (Fsp3) is 0.0909. The second kappa shape index (κ2) is 4.89. The van der Waals surface area contributed by atoms with Gasteiger partial charge in [-0.15, -0.1) is 0 Å². The third-order valence-corrected chi connectivity index (χ3v) is 2.98. The Balaban J connectivity index is 2.33. The van der Waals surface area contributed by atoms with Gasteiger partial charge in [-0.05, 0) is 33.6 Å². The first-order chi connectivity index (χ1) is 8.06. The molecule has 0 bridgehead atoms. The standard InChI is InChI=1S/C11H9BrClN3O/c12-8-5-15-16(6-8)9-2-1-7(3-11(14)17)10(13)4-9/h1-2,4-6H,3H2,(H2,14,17). The Morgan fingerprint density at radius 3 is 2.82 bits per heavy atom. The fourth-order valence-corrected chi connectivity index (χ4v) is 1.98. The van der Waals surface area contributed by atoms with Gasteiger partial charge in [-0.2, -0.15) is 5.10 Å². The van der Waals surface area contributed by atoms with E-state index in [2.05, 4.69) is 21.0 Å². The highest BCUT2D eigenvalue weighted by molar-refractivity contribution is 9.10. The van der Waals surface area contributed by atoms with Crippen LogP contribution in [0.25, 0.3) is 5.69 Å². The van der Waals surface area contributed by atoms with Crippen molar-refractivity contribution in [3.63, 3.8) is 0 Å². The van der Waals surface area contributed by atoms with Gasteiger partial charge in [0.05, 0.1) is 22.8 Å². The van der Waals surface area contributed by atoms with Crippen LogP contribution in [0.15, 0.2) is 35.1 Å². The van der Waals surface area contributed by atoms with Crippen LogP contribution in [0, 0.1) is 0 Å². The monoisotopic (exact) mass is 313 g/mol. The maximum Gasteiger partial charge on any atom is 0.221 e. The number of benzene rings is 1. The third kappa shape index (κ3) is 2.87. The van der Waals surface area contributed by atoms with Gasteiger partial charge < -0.3 is 5.73 Å². The lowest BCUT2D eigenvalue weighted by atomic mass is 10.1. The number of aromatic nitrogens is 2. The van der Waals surface area contributed by atoms with E-state index in [0.717, 1.165) is 10.2 Å². The van der Waals surface area contributed by atoms with E-state index in [1.807, 2.05) is 12.3 Å². The largest absolute Gasteiger partial charge is 0.369 e. The Morgan fingerprint density at radius 1 is 1.53 bits per heavy atom. The Bertz CT molecular complexity index is 568. The maximum absolute atomic E-state index is 10.8. The average molecular weight is 315 g/mol. The molecule has 2 N–H and O–H groups in total. The lowest BCUT2D eigenvalue weighted by Crippen LogP contribution is -2.14. The van der Waals surface area contributed by atoms with Crippen LogP contribution in [0.2, 0.25) is 5.02 Å². The number of primary amides is 1. The highest BCUT2D eigenvalue weighted by Crippen LogP contribution is 2.21. The Morgan fingerprint density at radius 2 is 2.29 bits per heavy atom. The van der Waals surface area contributed by atoms with Crippen molar-refractivity contribution in [2.45, 2.75) is 6.42 Å². The fourth-order valence-electron chi connectivity index (χ4n) is 1.45. The number of nitrogens with two attached hydrogens (primary N) is 1. The lowest BCUT2D eigenvalue weighted by Gasteiger charge is -2.05. The summed E-state index contributed by atoms with van der Waals surface area (Å²) < 4.78 is 2.57. The summed E-state index contributed by atoms with van der Waals surface area (Å²) >= 11 is 9.39. The summed E-state index contributed by atoms with van der Waals surface area (Å²) in [6, 6.07) is 5.36. The van der Waals surface area contributed by atoms with Crippen molar-refractivity contribution in [1.82, 2.24) is 9.78 Å². The molecule has 0 fully saturated rings. The number of rotatable bonds is 3. The van der Waals surface area contributed by atoms with Crippen molar-refractivity contribution in [1.29, 1.82) is 0 Å². The van der Waals surface area contributed by atoms with Crippen molar-refractivity contribution in [2.75, 3.05) is 0 Å². The van der Waals surface area contributed by atoms with E-state index in [1.54, 1.807) is 23.0 Å². The molecular weight excluding hydrogens is 305 g/mol. The van der Waals surface area contributed by atoms with Gasteiger partial charge >= 0.3 is 0 Å². The minimum Gasteiger partial charge on any atom is -0.369 e. The predicted octanol–water partition coefficient (Wildman–Crippen LogP) is 2.32. The zero-order chi connectivity index (χ0) is 12.4. The minimum atomic E-state index is -0.401. The predicted molar refractivity (Wildman–Crippen MR) is 69.2 cm³/mol. The van der Waals surface area contributed by atoms with Gasteiger partial charge in [0.1, 0.15) is 0 Å². The van der Waals surface area contributed by atoms with Crippen LogP contribution in [0.1, 0.15) is 5.56 Å². The quantitative estimate of drug-likeness (QED) is 0.945. The first kappa shape index (κ1) is 12.1. The van der Waals surface area contributed by atoms with Gasteiger partial charge in [0, 0.05) is 11.2 Å². The third-order valence-electron chi connectivity index (χ3n) is 2.22. The lowest BCUT2D eigenvalue weighted by molar-refractivity contribution is -0.117. The second-order valence-corrected chi connectivity index (χ2v) is 4.84. The number of halogens is 2. The SMILES string of the molecule is NC(=O)Cc1ccc(-n2cc(Br)cn2)cc1Cl. The van der Waals surface area contributed by atoms with Crippen LogP contribution in [0.5, 0.6) is 0 Å². The molecular formula is C11H9BrClN3O. The van der Waals surface area contributed by atoms with E-state index in [9.17, 15) is 4.79 Å². The summed E-state index contributed by atoms with van der Waals surface area (Å²) in [6.45, 7) is 0. The Labute approximate surface area is 111 Å². The molecule has 0 atom stereocenters. The summed E-state index contributed by atoms with van der Waals surface area (Å²) in [7, 11) is 0. The molecule has 1 aromatic carbocycles. The second-order valence-electron chi connectivity index (χ2n) is 3.52. The van der Waals surface area contributed by atoms with Crippen molar-refractivity contribution in [2.24, 2.45) is 5.73 Å². The number of nitrogens with zero attached hydrogens (tertiary/aromatic N) is 2. The van der Waals surface area contributed by atoms with Crippen LogP contribution in [-0.2, 0) is 11.2 Å². The molecule has 17 heavy (non-hydrogen) atoms. The van der Waals surface area contributed by atoms with Gasteiger partial charge in [-0.25, -0.2) is 4.68 Å². The molecule has 88 valence electrons. The molecule has 0 aliphatic carbocycles. The molecule has 0 unspecified atom stereocenters. The molecule has 0 spiro atoms. The van der Waals surface area contributed by atoms with Gasteiger partial charge in [0.2, 0.25) is 5.91 Å². The van der Waals surface area contributed by atoms with Crippen LogP contribution < -0.4 is 5.73 Å². The van der Waals surface area contributed by atoms with Crippen molar-refractivity contribution >= 4 is 33.4 Å². The summed E-state index contributed by atoms with van der Waals surface area (Å²) in [4.78, 5) is 10.8. The molecule has 6 heteroatoms. The van der Waals surface area contributed by atoms with Gasteiger partial charge in [-0.3, -0.25) is 4.79 Å². The topological polar surface area (TPSA) is 60.9 Å². The van der Waals surface area contributed by atoms with E-state index in [0.29, 0.717) is 10.6 Å². The molecule has 2 aromatic rings. The number of carbonyl (C=O) groups excluding carboxylic acids is 1. The summed E-state index contributed by atoms with van der Waals surface area (Å²) in [5.41, 5.74) is 6.67. The number of carbonyl (C=O) groups is 1. The smallest absolute Gasteiger partial charge is 0.221 e. The number of hydrogen-bond acceptors (Lipinski definition) is 2. The molecule has 0 aliphatic heterocycles. The van der Waals surface area contributed by atoms with Crippen molar-refractivity contribution < 1.29 is 4.79 Å². The first-order valence-electron chi connectivity index (χ1n) is 4.83. The van der Waals surface area contributed by atoms with E-state index in [-0.39, 0.29) is 6.42 Å². The molecule has 1 heterocycles. The molecule has 0 aliphatic rings. The first-order valence-corrected chi connectivity index (χ1v) is 6.00. The van der Waals surface area contributed by atoms with Gasteiger partial charge in [-0.1, -0.05) is 17.7 Å². The summed E-state index contributed by atoms with van der Waals surface area (Å²) in [5, 5.41) is 4.64. The average Bonchev–Trinajstić information content (AvgIpc) is 2.67. The zero-order valence-corrected chi connectivity index (χ0v) is 11.1. The summed E-state index contributed by atoms with van der Waals surface area (Å²) in [6.07, 6.45) is 3.65. The number of hydrogen-bond donors (Lipinski definition) is 1. The zero-order valence-electron chi connectivity index (χ0n) is 8.73. The van der Waals surface area contributed by atoms with Gasteiger partial charge in [0.25, 0.3) is 0 Å². The normalized spacial score (nSPS) is 10.5. The molecule has 1 aromatic heterocycles. The van der Waals surface area contributed by atoms with E-state index in [4.69, 9.17) is 17.3 Å². The Kier molecular flexibility index (Phi) is 3.49. The highest BCUT2D eigenvalue weighted by Gasteiger charge is 2.06. The molecule has 0 saturated carbocycles. The number of amides is 1.